The molecule has 3 heterocycles. The molecule has 3 aromatic rings. The van der Waals surface area contributed by atoms with E-state index in [4.69, 9.17) is 22.6 Å². The Bertz CT molecular complexity index is 1500. The van der Waals surface area contributed by atoms with E-state index in [1.165, 1.54) is 24.4 Å². The Morgan fingerprint density at radius 3 is 1.93 bits per heavy atom. The Labute approximate surface area is 241 Å². The number of aromatic nitrogens is 3. The van der Waals surface area contributed by atoms with Crippen molar-refractivity contribution in [1.82, 2.24) is 19.0 Å². The van der Waals surface area contributed by atoms with Gasteiger partial charge in [0, 0.05) is 52.7 Å². The molecule has 0 aliphatic carbocycles. The van der Waals surface area contributed by atoms with E-state index in [9.17, 15) is 19.2 Å². The molecular weight excluding hydrogens is 556 g/mol. The van der Waals surface area contributed by atoms with Gasteiger partial charge in [-0.25, -0.2) is 4.99 Å². The first-order valence-electron chi connectivity index (χ1n) is 11.9. The van der Waals surface area contributed by atoms with Crippen LogP contribution in [0.5, 0.6) is 0 Å². The number of carbonyl (C=O) groups excluding carboxylic acids is 4. The fourth-order valence-electron chi connectivity index (χ4n) is 3.68. The number of guanidine groups is 1. The first-order valence-corrected chi connectivity index (χ1v) is 11.9. The Hall–Kier alpha value is -5.25. The summed E-state index contributed by atoms with van der Waals surface area (Å²) in [4.78, 5) is 53.7. The fraction of sp³-hybridized carbons (Fsp3) is 0.250. The first kappa shape index (κ1) is 32.0. The molecule has 0 fully saturated rings. The second-order valence-electron chi connectivity index (χ2n) is 8.90. The standard InChI is InChI=1S/C24H32N12O4.ClH/c1-34-12-15(7-16(34)22(39)29-5-4-18(25)26)32-23(40)17-8-14(11-35(17)2)31-21(38)13-6-19(36(3)10-13)33-20(37)9-30-24(27)28;/h6-8,10-12H,4-5,9H2,1-3H3,(H3,25,26)(H,29,39)(H,31,38)(H,32,40)(H,33,37)(H4,27,28,30);1H. The lowest BCUT2D eigenvalue weighted by Gasteiger charge is -2.04. The first-order chi connectivity index (χ1) is 18.8. The predicted molar refractivity (Wildman–Crippen MR) is 158 cm³/mol. The molecule has 0 saturated carbocycles. The number of nitrogens with one attached hydrogen (secondary N) is 5. The molecule has 0 bridgehead atoms. The molecule has 16 nitrogen and oxygen atoms in total. The van der Waals surface area contributed by atoms with Crippen molar-refractivity contribution < 1.29 is 19.2 Å². The van der Waals surface area contributed by atoms with E-state index in [1.54, 1.807) is 47.2 Å². The molecule has 3 rings (SSSR count). The van der Waals surface area contributed by atoms with E-state index >= 15 is 0 Å². The van der Waals surface area contributed by atoms with E-state index in [-0.39, 0.29) is 60.9 Å². The fourth-order valence-corrected chi connectivity index (χ4v) is 3.68. The summed E-state index contributed by atoms with van der Waals surface area (Å²) in [5, 5.41) is 18.0. The molecule has 3 aromatic heterocycles. The van der Waals surface area contributed by atoms with Crippen LogP contribution in [0.1, 0.15) is 37.8 Å². The van der Waals surface area contributed by atoms with Gasteiger partial charge in [-0.05, 0) is 18.2 Å². The molecule has 0 spiro atoms. The topological polar surface area (TPSA) is 245 Å². The van der Waals surface area contributed by atoms with Crippen molar-refractivity contribution >= 4 is 65.0 Å². The summed E-state index contributed by atoms with van der Waals surface area (Å²) in [6, 6.07) is 4.52. The van der Waals surface area contributed by atoms with Crippen molar-refractivity contribution in [2.75, 3.05) is 29.0 Å². The Kier molecular flexibility index (Phi) is 10.7. The zero-order valence-electron chi connectivity index (χ0n) is 22.6. The van der Waals surface area contributed by atoms with Crippen molar-refractivity contribution in [1.29, 1.82) is 5.41 Å². The van der Waals surface area contributed by atoms with Gasteiger partial charge in [0.15, 0.2) is 5.96 Å². The highest BCUT2D eigenvalue weighted by Crippen LogP contribution is 2.19. The average molecular weight is 589 g/mol. The number of hydrogen-bond acceptors (Lipinski definition) is 6. The summed E-state index contributed by atoms with van der Waals surface area (Å²) < 4.78 is 4.67. The highest BCUT2D eigenvalue weighted by Gasteiger charge is 2.18. The highest BCUT2D eigenvalue weighted by atomic mass is 35.5. The van der Waals surface area contributed by atoms with E-state index in [1.807, 2.05) is 0 Å². The van der Waals surface area contributed by atoms with E-state index in [2.05, 4.69) is 26.3 Å². The maximum absolute atomic E-state index is 12.9. The van der Waals surface area contributed by atoms with Gasteiger partial charge < -0.3 is 52.2 Å². The number of carbonyl (C=O) groups is 4. The van der Waals surface area contributed by atoms with Crippen molar-refractivity contribution in [3.8, 4) is 0 Å². The van der Waals surface area contributed by atoms with Crippen molar-refractivity contribution in [3.05, 3.63) is 53.7 Å². The molecule has 17 heteroatoms. The minimum Gasteiger partial charge on any atom is -0.388 e. The average Bonchev–Trinajstić information content (AvgIpc) is 3.53. The Morgan fingerprint density at radius 2 is 1.37 bits per heavy atom. The van der Waals surface area contributed by atoms with Crippen LogP contribution in [-0.4, -0.2) is 62.2 Å². The van der Waals surface area contributed by atoms with Gasteiger partial charge in [0.1, 0.15) is 23.8 Å². The van der Waals surface area contributed by atoms with Crippen molar-refractivity contribution in [3.63, 3.8) is 0 Å². The third-order valence-electron chi connectivity index (χ3n) is 5.61. The lowest BCUT2D eigenvalue weighted by molar-refractivity contribution is -0.114. The lowest BCUT2D eigenvalue weighted by Crippen LogP contribution is -2.28. The summed E-state index contributed by atoms with van der Waals surface area (Å²) >= 11 is 0. The maximum atomic E-state index is 12.9. The smallest absolute Gasteiger partial charge is 0.272 e. The third-order valence-corrected chi connectivity index (χ3v) is 5.61. The van der Waals surface area contributed by atoms with Crippen LogP contribution in [0, 0.1) is 5.41 Å². The minimum atomic E-state index is -0.459. The summed E-state index contributed by atoms with van der Waals surface area (Å²) in [5.41, 5.74) is 17.4. The lowest BCUT2D eigenvalue weighted by atomic mass is 10.3. The van der Waals surface area contributed by atoms with Gasteiger partial charge in [-0.2, -0.15) is 0 Å². The number of aryl methyl sites for hydroxylation is 3. The normalized spacial score (nSPS) is 10.2. The van der Waals surface area contributed by atoms with Crippen LogP contribution in [0.15, 0.2) is 41.8 Å². The zero-order valence-corrected chi connectivity index (χ0v) is 23.5. The second-order valence-corrected chi connectivity index (χ2v) is 8.90. The van der Waals surface area contributed by atoms with Gasteiger partial charge in [-0.1, -0.05) is 0 Å². The van der Waals surface area contributed by atoms with Gasteiger partial charge in [0.25, 0.3) is 17.7 Å². The van der Waals surface area contributed by atoms with E-state index in [0.29, 0.717) is 22.9 Å². The number of amides is 4. The molecule has 4 amide bonds. The third kappa shape index (κ3) is 8.62. The van der Waals surface area contributed by atoms with Gasteiger partial charge in [-0.3, -0.25) is 24.6 Å². The summed E-state index contributed by atoms with van der Waals surface area (Å²) in [5.74, 6) is -1.62. The molecule has 0 aliphatic rings. The van der Waals surface area contributed by atoms with Crippen LogP contribution in [0.4, 0.5) is 17.2 Å². The number of hydrogen-bond donors (Lipinski definition) is 8. The van der Waals surface area contributed by atoms with Gasteiger partial charge >= 0.3 is 0 Å². The number of amidine groups is 1. The molecule has 0 atom stereocenters. The number of halogens is 1. The van der Waals surface area contributed by atoms with Crippen molar-refractivity contribution in [2.24, 2.45) is 43.3 Å². The quantitative estimate of drug-likeness (QED) is 0.111. The number of anilines is 3. The Morgan fingerprint density at radius 1 is 0.805 bits per heavy atom. The number of nitrogens with zero attached hydrogens (tertiary/aromatic N) is 4. The summed E-state index contributed by atoms with van der Waals surface area (Å²) in [7, 11) is 4.97. The molecule has 11 N–H and O–H groups in total. The largest absolute Gasteiger partial charge is 0.388 e. The molecule has 0 aliphatic heterocycles. The summed E-state index contributed by atoms with van der Waals surface area (Å²) in [6.45, 7) is -0.0419. The van der Waals surface area contributed by atoms with E-state index in [0.717, 1.165) is 0 Å². The predicted octanol–water partition coefficient (Wildman–Crippen LogP) is -0.104. The van der Waals surface area contributed by atoms with Crippen LogP contribution in [0.2, 0.25) is 0 Å². The zero-order chi connectivity index (χ0) is 29.6. The van der Waals surface area contributed by atoms with Crippen LogP contribution in [0.3, 0.4) is 0 Å². The summed E-state index contributed by atoms with van der Waals surface area (Å²) in [6.07, 6.45) is 4.93. The number of aliphatic imine (C=N–C) groups is 1. The van der Waals surface area contributed by atoms with Crippen LogP contribution >= 0.6 is 12.4 Å². The molecule has 220 valence electrons. The molecular formula is C24H33ClN12O4. The highest BCUT2D eigenvalue weighted by molar-refractivity contribution is 6.08. The second kappa shape index (κ2) is 13.7. The molecule has 41 heavy (non-hydrogen) atoms. The maximum Gasteiger partial charge on any atom is 0.272 e. The monoisotopic (exact) mass is 588 g/mol. The molecule has 0 unspecified atom stereocenters. The van der Waals surface area contributed by atoms with Crippen LogP contribution in [0.25, 0.3) is 0 Å². The number of nitrogens with two attached hydrogens (primary N) is 3. The molecule has 0 radical (unpaired) electrons. The molecule has 0 aromatic carbocycles. The van der Waals surface area contributed by atoms with Gasteiger partial charge in [-0.15, -0.1) is 12.4 Å². The Balaban J connectivity index is 0.00000588. The SMILES string of the molecule is Cl.Cn1cc(C(=O)Nc2cc(C(=O)Nc3cc(C(=O)NCCC(=N)N)n(C)c3)n(C)c2)cc1NC(=O)CN=C(N)N. The van der Waals surface area contributed by atoms with Crippen molar-refractivity contribution in [2.45, 2.75) is 6.42 Å². The van der Waals surface area contributed by atoms with E-state index < -0.39 is 17.7 Å². The molecule has 0 saturated heterocycles. The van der Waals surface area contributed by atoms with Gasteiger partial charge in [0.05, 0.1) is 22.8 Å². The van der Waals surface area contributed by atoms with Crippen LogP contribution < -0.4 is 38.5 Å². The number of rotatable bonds is 11. The van der Waals surface area contributed by atoms with Gasteiger partial charge in [0.2, 0.25) is 5.91 Å². The van der Waals surface area contributed by atoms with Crippen LogP contribution in [-0.2, 0) is 25.9 Å². The minimum absolute atomic E-state index is 0.